The molecular weight excluding hydrogens is 292 g/mol. The fourth-order valence-corrected chi connectivity index (χ4v) is 2.00. The van der Waals surface area contributed by atoms with Gasteiger partial charge in [0.25, 0.3) is 5.91 Å². The van der Waals surface area contributed by atoms with Gasteiger partial charge in [0.05, 0.1) is 4.47 Å². The van der Waals surface area contributed by atoms with Gasteiger partial charge in [-0.1, -0.05) is 12.1 Å². The topological polar surface area (TPSA) is 42.0 Å². The van der Waals surface area contributed by atoms with Crippen LogP contribution in [0.5, 0.6) is 0 Å². The number of hydrogen-bond donors (Lipinski definition) is 1. The van der Waals surface area contributed by atoms with Crippen LogP contribution in [0, 0.1) is 13.8 Å². The lowest BCUT2D eigenvalue weighted by molar-refractivity contribution is 0.102. The number of carbonyl (C=O) groups excluding carboxylic acids is 1. The van der Waals surface area contributed by atoms with Gasteiger partial charge in [-0.05, 0) is 59.1 Å². The van der Waals surface area contributed by atoms with Gasteiger partial charge >= 0.3 is 0 Å². The Morgan fingerprint density at radius 1 is 1.22 bits per heavy atom. The Balaban J connectivity index is 2.28. The Bertz CT molecular complexity index is 596. The molecule has 0 fully saturated rings. The molecule has 4 heteroatoms. The van der Waals surface area contributed by atoms with E-state index in [4.69, 9.17) is 0 Å². The molecule has 1 heterocycles. The number of pyridine rings is 1. The van der Waals surface area contributed by atoms with E-state index in [1.165, 1.54) is 0 Å². The van der Waals surface area contributed by atoms with E-state index in [9.17, 15) is 4.79 Å². The molecule has 0 bridgehead atoms. The molecular formula is C14H13BrN2O. The molecule has 0 aliphatic carbocycles. The summed E-state index contributed by atoms with van der Waals surface area (Å²) in [6, 6.07) is 9.32. The Hall–Kier alpha value is -1.68. The molecule has 92 valence electrons. The number of carbonyl (C=O) groups is 1. The van der Waals surface area contributed by atoms with Crippen molar-refractivity contribution in [2.45, 2.75) is 13.8 Å². The zero-order chi connectivity index (χ0) is 13.1. The number of benzene rings is 1. The maximum atomic E-state index is 12.2. The minimum atomic E-state index is -0.143. The number of amides is 1. The predicted octanol–water partition coefficient (Wildman–Crippen LogP) is 3.71. The number of nitrogens with one attached hydrogen (secondary N) is 1. The maximum absolute atomic E-state index is 12.2. The molecule has 0 saturated carbocycles. The van der Waals surface area contributed by atoms with E-state index < -0.39 is 0 Å². The van der Waals surface area contributed by atoms with E-state index in [2.05, 4.69) is 26.2 Å². The van der Waals surface area contributed by atoms with Gasteiger partial charge < -0.3 is 5.32 Å². The molecule has 1 N–H and O–H groups in total. The van der Waals surface area contributed by atoms with Gasteiger partial charge in [0, 0.05) is 11.8 Å². The molecule has 0 unspecified atom stereocenters. The molecule has 0 atom stereocenters. The third-order valence-electron chi connectivity index (χ3n) is 2.84. The molecule has 3 nitrogen and oxygen atoms in total. The van der Waals surface area contributed by atoms with Crippen LogP contribution < -0.4 is 5.32 Å². The first-order valence-electron chi connectivity index (χ1n) is 5.57. The van der Waals surface area contributed by atoms with Gasteiger partial charge in [-0.15, -0.1) is 0 Å². The average molecular weight is 305 g/mol. The quantitative estimate of drug-likeness (QED) is 0.919. The van der Waals surface area contributed by atoms with Crippen molar-refractivity contribution in [3.63, 3.8) is 0 Å². The van der Waals surface area contributed by atoms with Gasteiger partial charge in [-0.3, -0.25) is 4.79 Å². The van der Waals surface area contributed by atoms with Crippen LogP contribution in [0.2, 0.25) is 0 Å². The number of nitrogens with zero attached hydrogens (tertiary/aromatic N) is 1. The van der Waals surface area contributed by atoms with Crippen LogP contribution in [0.3, 0.4) is 0 Å². The van der Waals surface area contributed by atoms with Crippen molar-refractivity contribution < 1.29 is 4.79 Å². The van der Waals surface area contributed by atoms with Crippen molar-refractivity contribution >= 4 is 27.7 Å². The molecule has 0 spiro atoms. The molecule has 2 rings (SSSR count). The second kappa shape index (κ2) is 5.31. The molecule has 1 aromatic heterocycles. The third kappa shape index (κ3) is 2.59. The Kier molecular flexibility index (Phi) is 3.77. The number of halogens is 1. The summed E-state index contributed by atoms with van der Waals surface area (Å²) in [5, 5.41) is 2.80. The van der Waals surface area contributed by atoms with Crippen LogP contribution in [-0.4, -0.2) is 10.9 Å². The molecule has 18 heavy (non-hydrogen) atoms. The van der Waals surface area contributed by atoms with Crippen molar-refractivity contribution in [1.82, 2.24) is 4.98 Å². The minimum Gasteiger partial charge on any atom is -0.306 e. The van der Waals surface area contributed by atoms with Gasteiger partial charge in [-0.25, -0.2) is 4.98 Å². The first-order valence-corrected chi connectivity index (χ1v) is 6.37. The molecule has 0 aliphatic rings. The van der Waals surface area contributed by atoms with Crippen molar-refractivity contribution in [3.05, 3.63) is 57.7 Å². The van der Waals surface area contributed by atoms with Crippen molar-refractivity contribution in [3.8, 4) is 0 Å². The number of rotatable bonds is 2. The molecule has 0 saturated heterocycles. The number of aryl methyl sites for hydroxylation is 1. The molecule has 1 aromatic carbocycles. The second-order valence-electron chi connectivity index (χ2n) is 4.04. The highest BCUT2D eigenvalue weighted by atomic mass is 79.9. The van der Waals surface area contributed by atoms with E-state index in [1.54, 1.807) is 12.3 Å². The first kappa shape index (κ1) is 12.8. The lowest BCUT2D eigenvalue weighted by atomic mass is 10.0. The van der Waals surface area contributed by atoms with Crippen molar-refractivity contribution in [2.75, 3.05) is 5.32 Å². The summed E-state index contributed by atoms with van der Waals surface area (Å²) >= 11 is 3.35. The van der Waals surface area contributed by atoms with Crippen LogP contribution in [0.1, 0.15) is 21.5 Å². The normalized spacial score (nSPS) is 10.2. The smallest absolute Gasteiger partial charge is 0.257 e. The standard InChI is InChI=1S/C14H13BrN2O/c1-9-5-3-6-11(10(9)2)14(18)17-13-12(15)7-4-8-16-13/h3-8H,1-2H3,(H,16,17,18). The summed E-state index contributed by atoms with van der Waals surface area (Å²) in [6.07, 6.45) is 1.64. The summed E-state index contributed by atoms with van der Waals surface area (Å²) < 4.78 is 0.767. The van der Waals surface area contributed by atoms with Gasteiger partial charge in [0.2, 0.25) is 0 Å². The van der Waals surface area contributed by atoms with E-state index in [-0.39, 0.29) is 5.91 Å². The fraction of sp³-hybridized carbons (Fsp3) is 0.143. The van der Waals surface area contributed by atoms with Gasteiger partial charge in [-0.2, -0.15) is 0 Å². The SMILES string of the molecule is Cc1cccc(C(=O)Nc2ncccc2Br)c1C. The summed E-state index contributed by atoms with van der Waals surface area (Å²) in [5.74, 6) is 0.388. The molecule has 1 amide bonds. The van der Waals surface area contributed by atoms with Crippen LogP contribution in [0.4, 0.5) is 5.82 Å². The fourth-order valence-electron chi connectivity index (χ4n) is 1.65. The van der Waals surface area contributed by atoms with E-state index in [0.29, 0.717) is 11.4 Å². The zero-order valence-electron chi connectivity index (χ0n) is 10.2. The molecule has 2 aromatic rings. The van der Waals surface area contributed by atoms with Gasteiger partial charge in [0.15, 0.2) is 0 Å². The van der Waals surface area contributed by atoms with Crippen molar-refractivity contribution in [1.29, 1.82) is 0 Å². The van der Waals surface area contributed by atoms with E-state index >= 15 is 0 Å². The highest BCUT2D eigenvalue weighted by Gasteiger charge is 2.12. The summed E-state index contributed by atoms with van der Waals surface area (Å²) in [5.41, 5.74) is 2.76. The van der Waals surface area contributed by atoms with Crippen LogP contribution in [0.15, 0.2) is 41.0 Å². The summed E-state index contributed by atoms with van der Waals surface area (Å²) in [6.45, 7) is 3.93. The average Bonchev–Trinajstić information content (AvgIpc) is 2.35. The predicted molar refractivity (Wildman–Crippen MR) is 75.8 cm³/mol. The summed E-state index contributed by atoms with van der Waals surface area (Å²) in [4.78, 5) is 16.3. The van der Waals surface area contributed by atoms with Crippen LogP contribution in [-0.2, 0) is 0 Å². The third-order valence-corrected chi connectivity index (χ3v) is 3.48. The highest BCUT2D eigenvalue weighted by molar-refractivity contribution is 9.10. The largest absolute Gasteiger partial charge is 0.306 e. The lowest BCUT2D eigenvalue weighted by Gasteiger charge is -2.09. The molecule has 0 radical (unpaired) electrons. The van der Waals surface area contributed by atoms with E-state index in [1.807, 2.05) is 38.1 Å². The summed E-state index contributed by atoms with van der Waals surface area (Å²) in [7, 11) is 0. The Morgan fingerprint density at radius 3 is 2.72 bits per heavy atom. The monoisotopic (exact) mass is 304 g/mol. The van der Waals surface area contributed by atoms with Crippen LogP contribution in [0.25, 0.3) is 0 Å². The van der Waals surface area contributed by atoms with E-state index in [0.717, 1.165) is 15.6 Å². The number of hydrogen-bond acceptors (Lipinski definition) is 2. The maximum Gasteiger partial charge on any atom is 0.257 e. The van der Waals surface area contributed by atoms with Crippen LogP contribution >= 0.6 is 15.9 Å². The first-order chi connectivity index (χ1) is 8.59. The lowest BCUT2D eigenvalue weighted by Crippen LogP contribution is -2.15. The number of anilines is 1. The second-order valence-corrected chi connectivity index (χ2v) is 4.89. The Labute approximate surface area is 114 Å². The molecule has 0 aliphatic heterocycles. The zero-order valence-corrected chi connectivity index (χ0v) is 11.8. The van der Waals surface area contributed by atoms with Crippen molar-refractivity contribution in [2.24, 2.45) is 0 Å². The minimum absolute atomic E-state index is 0.143. The highest BCUT2D eigenvalue weighted by Crippen LogP contribution is 2.20. The number of aromatic nitrogens is 1. The Morgan fingerprint density at radius 2 is 2.00 bits per heavy atom. The van der Waals surface area contributed by atoms with Gasteiger partial charge in [0.1, 0.15) is 5.82 Å².